The molecule has 0 saturated heterocycles. The van der Waals surface area contributed by atoms with Gasteiger partial charge in [-0.3, -0.25) is 0 Å². The minimum Gasteiger partial charge on any atom is -0.478 e. The number of aromatic nitrogens is 1. The number of anilines is 2. The van der Waals surface area contributed by atoms with Gasteiger partial charge in [-0.1, -0.05) is 13.0 Å². The van der Waals surface area contributed by atoms with E-state index in [0.29, 0.717) is 12.2 Å². The third kappa shape index (κ3) is 3.03. The Balaban J connectivity index is 2.11. The summed E-state index contributed by atoms with van der Waals surface area (Å²) in [7, 11) is 0. The molecule has 0 bridgehead atoms. The van der Waals surface area contributed by atoms with E-state index in [1.165, 1.54) is 10.9 Å². The summed E-state index contributed by atoms with van der Waals surface area (Å²) >= 11 is 1.64. The van der Waals surface area contributed by atoms with E-state index in [1.807, 2.05) is 6.20 Å². The van der Waals surface area contributed by atoms with Gasteiger partial charge in [0.25, 0.3) is 0 Å². The van der Waals surface area contributed by atoms with Crippen molar-refractivity contribution >= 4 is 28.7 Å². The molecule has 0 spiro atoms. The Hall–Kier alpha value is -2.08. The number of hydrogen-bond acceptors (Lipinski definition) is 5. The molecule has 0 amide bonds. The van der Waals surface area contributed by atoms with E-state index in [4.69, 9.17) is 10.8 Å². The van der Waals surface area contributed by atoms with Crippen molar-refractivity contribution in [2.45, 2.75) is 19.9 Å². The number of carboxylic acid groups (broad SMARTS) is 1. The summed E-state index contributed by atoms with van der Waals surface area (Å²) in [4.78, 5) is 16.5. The smallest absolute Gasteiger partial charge is 0.337 e. The van der Waals surface area contributed by atoms with E-state index >= 15 is 0 Å². The maximum Gasteiger partial charge on any atom is 0.337 e. The molecule has 100 valence electrons. The molecular formula is C13H15N3O2S. The molecule has 0 saturated carbocycles. The highest BCUT2D eigenvalue weighted by molar-refractivity contribution is 7.11. The monoisotopic (exact) mass is 277 g/mol. The molecule has 0 unspecified atom stereocenters. The lowest BCUT2D eigenvalue weighted by Crippen LogP contribution is -2.07. The number of carboxylic acids is 1. The van der Waals surface area contributed by atoms with Crippen LogP contribution < -0.4 is 11.1 Å². The topological polar surface area (TPSA) is 88.2 Å². The molecule has 4 N–H and O–H groups in total. The first-order valence-electron chi connectivity index (χ1n) is 5.91. The molecule has 0 aliphatic carbocycles. The number of nitrogens with two attached hydrogens (primary N) is 1. The highest BCUT2D eigenvalue weighted by Crippen LogP contribution is 2.24. The molecule has 0 aliphatic heterocycles. The van der Waals surface area contributed by atoms with Gasteiger partial charge in [-0.05, 0) is 18.6 Å². The molecule has 6 heteroatoms. The first kappa shape index (κ1) is 13.4. The van der Waals surface area contributed by atoms with Crippen LogP contribution in [0.5, 0.6) is 0 Å². The Morgan fingerprint density at radius 3 is 2.95 bits per heavy atom. The van der Waals surface area contributed by atoms with E-state index in [9.17, 15) is 4.79 Å². The zero-order chi connectivity index (χ0) is 13.8. The molecule has 0 aliphatic rings. The maximum atomic E-state index is 11.0. The fourth-order valence-electron chi connectivity index (χ4n) is 1.67. The molecule has 19 heavy (non-hydrogen) atoms. The van der Waals surface area contributed by atoms with Gasteiger partial charge in [0.2, 0.25) is 0 Å². The highest BCUT2D eigenvalue weighted by Gasteiger charge is 2.11. The van der Waals surface area contributed by atoms with Gasteiger partial charge in [0.15, 0.2) is 0 Å². The second-order valence-electron chi connectivity index (χ2n) is 4.00. The van der Waals surface area contributed by atoms with Gasteiger partial charge in [0, 0.05) is 11.1 Å². The summed E-state index contributed by atoms with van der Waals surface area (Å²) in [5.41, 5.74) is 6.80. The molecular weight excluding hydrogens is 262 g/mol. The van der Waals surface area contributed by atoms with Crippen LogP contribution in [-0.2, 0) is 13.0 Å². The second kappa shape index (κ2) is 5.71. The zero-order valence-electron chi connectivity index (χ0n) is 10.5. The summed E-state index contributed by atoms with van der Waals surface area (Å²) in [6.45, 7) is 2.62. The molecule has 1 aromatic carbocycles. The predicted molar refractivity (Wildman–Crippen MR) is 76.6 cm³/mol. The van der Waals surface area contributed by atoms with Crippen molar-refractivity contribution in [3.63, 3.8) is 0 Å². The summed E-state index contributed by atoms with van der Waals surface area (Å²) in [6.07, 6.45) is 2.83. The summed E-state index contributed by atoms with van der Waals surface area (Å²) in [5.74, 6) is -1.02. The first-order valence-corrected chi connectivity index (χ1v) is 6.72. The zero-order valence-corrected chi connectivity index (χ0v) is 11.3. The minimum absolute atomic E-state index is 0.110. The van der Waals surface area contributed by atoms with Crippen LogP contribution in [0.3, 0.4) is 0 Å². The van der Waals surface area contributed by atoms with Crippen molar-refractivity contribution in [2.24, 2.45) is 0 Å². The number of hydrogen-bond donors (Lipinski definition) is 3. The number of nitrogen functional groups attached to an aromatic ring is 1. The van der Waals surface area contributed by atoms with Crippen LogP contribution in [0.25, 0.3) is 0 Å². The molecule has 1 heterocycles. The number of nitrogens with one attached hydrogen (secondary N) is 1. The van der Waals surface area contributed by atoms with Crippen molar-refractivity contribution in [1.29, 1.82) is 0 Å². The average molecular weight is 277 g/mol. The number of benzene rings is 1. The third-order valence-electron chi connectivity index (χ3n) is 2.72. The SMILES string of the molecule is CCc1cnc(CNc2cccc(C(=O)O)c2N)s1. The minimum atomic E-state index is -1.02. The first-order chi connectivity index (χ1) is 9.11. The van der Waals surface area contributed by atoms with Crippen molar-refractivity contribution in [2.75, 3.05) is 11.1 Å². The van der Waals surface area contributed by atoms with Gasteiger partial charge < -0.3 is 16.2 Å². The third-order valence-corrected chi connectivity index (χ3v) is 3.86. The van der Waals surface area contributed by atoms with E-state index < -0.39 is 5.97 Å². The van der Waals surface area contributed by atoms with Crippen molar-refractivity contribution in [3.05, 3.63) is 39.8 Å². The van der Waals surface area contributed by atoms with Gasteiger partial charge in [-0.2, -0.15) is 0 Å². The van der Waals surface area contributed by atoms with Crippen molar-refractivity contribution in [3.8, 4) is 0 Å². The van der Waals surface area contributed by atoms with Crippen molar-refractivity contribution in [1.82, 2.24) is 4.98 Å². The van der Waals surface area contributed by atoms with Crippen LogP contribution >= 0.6 is 11.3 Å². The lowest BCUT2D eigenvalue weighted by atomic mass is 10.1. The Morgan fingerprint density at radius 1 is 1.53 bits per heavy atom. The molecule has 0 atom stereocenters. The van der Waals surface area contributed by atoms with E-state index in [-0.39, 0.29) is 11.3 Å². The molecule has 2 aromatic rings. The Morgan fingerprint density at radius 2 is 2.32 bits per heavy atom. The number of thiazole rings is 1. The van der Waals surface area contributed by atoms with E-state index in [1.54, 1.807) is 23.5 Å². The summed E-state index contributed by atoms with van der Waals surface area (Å²) in [5, 5.41) is 13.1. The number of rotatable bonds is 5. The molecule has 0 radical (unpaired) electrons. The van der Waals surface area contributed by atoms with E-state index in [0.717, 1.165) is 11.4 Å². The standard InChI is InChI=1S/C13H15N3O2S/c1-2-8-6-16-11(19-8)7-15-10-5-3-4-9(12(10)14)13(17)18/h3-6,15H,2,7,14H2,1H3,(H,17,18). The Kier molecular flexibility index (Phi) is 4.01. The van der Waals surface area contributed by atoms with Crippen LogP contribution in [0, 0.1) is 0 Å². The van der Waals surface area contributed by atoms with Crippen molar-refractivity contribution < 1.29 is 9.90 Å². The number of carbonyl (C=O) groups is 1. The van der Waals surface area contributed by atoms with Crippen LogP contribution in [0.15, 0.2) is 24.4 Å². The molecule has 1 aromatic heterocycles. The van der Waals surface area contributed by atoms with Gasteiger partial charge in [0.05, 0.1) is 23.5 Å². The van der Waals surface area contributed by atoms with Crippen LogP contribution in [0.4, 0.5) is 11.4 Å². The van der Waals surface area contributed by atoms with Gasteiger partial charge in [0.1, 0.15) is 5.01 Å². The predicted octanol–water partition coefficient (Wildman–Crippen LogP) is 2.60. The fourth-order valence-corrected chi connectivity index (χ4v) is 2.47. The quantitative estimate of drug-likeness (QED) is 0.731. The Bertz CT molecular complexity index is 595. The normalized spacial score (nSPS) is 10.4. The summed E-state index contributed by atoms with van der Waals surface area (Å²) in [6, 6.07) is 4.92. The van der Waals surface area contributed by atoms with Crippen LogP contribution in [-0.4, -0.2) is 16.1 Å². The second-order valence-corrected chi connectivity index (χ2v) is 5.20. The van der Waals surface area contributed by atoms with E-state index in [2.05, 4.69) is 17.2 Å². The van der Waals surface area contributed by atoms with Gasteiger partial charge in [-0.25, -0.2) is 9.78 Å². The molecule has 0 fully saturated rings. The fraction of sp³-hybridized carbons (Fsp3) is 0.231. The average Bonchev–Trinajstić information content (AvgIpc) is 2.85. The lowest BCUT2D eigenvalue weighted by Gasteiger charge is -2.09. The lowest BCUT2D eigenvalue weighted by molar-refractivity contribution is 0.0698. The van der Waals surface area contributed by atoms with Crippen LogP contribution in [0.1, 0.15) is 27.2 Å². The summed E-state index contributed by atoms with van der Waals surface area (Å²) < 4.78 is 0. The number of para-hydroxylation sites is 1. The van der Waals surface area contributed by atoms with Gasteiger partial charge in [-0.15, -0.1) is 11.3 Å². The highest BCUT2D eigenvalue weighted by atomic mass is 32.1. The maximum absolute atomic E-state index is 11.0. The number of aromatic carboxylic acids is 1. The largest absolute Gasteiger partial charge is 0.478 e. The molecule has 5 nitrogen and oxygen atoms in total. The van der Waals surface area contributed by atoms with Gasteiger partial charge >= 0.3 is 5.97 Å². The number of nitrogens with zero attached hydrogens (tertiary/aromatic N) is 1. The Labute approximate surface area is 115 Å². The number of aryl methyl sites for hydroxylation is 1. The molecule has 2 rings (SSSR count). The van der Waals surface area contributed by atoms with Crippen LogP contribution in [0.2, 0.25) is 0 Å².